The predicted molar refractivity (Wildman–Crippen MR) is 108 cm³/mol. The number of aryl methyl sites for hydroxylation is 3. The molecule has 148 valence electrons. The maximum Gasteiger partial charge on any atom is 0.267 e. The van der Waals surface area contributed by atoms with Crippen molar-refractivity contribution in [2.45, 2.75) is 40.3 Å². The topological polar surface area (TPSA) is 91.6 Å². The van der Waals surface area contributed by atoms with Crippen molar-refractivity contribution in [3.8, 4) is 22.4 Å². The maximum atomic E-state index is 12.7. The van der Waals surface area contributed by atoms with Crippen LogP contribution in [0.3, 0.4) is 0 Å². The highest BCUT2D eigenvalue weighted by Crippen LogP contribution is 2.25. The second kappa shape index (κ2) is 7.83. The summed E-state index contributed by atoms with van der Waals surface area (Å²) in [6.45, 7) is 6.96. The van der Waals surface area contributed by atoms with Gasteiger partial charge in [-0.15, -0.1) is 0 Å². The Kier molecular flexibility index (Phi) is 5.07. The fraction of sp³-hybridized carbons (Fsp3) is 0.286. The van der Waals surface area contributed by atoms with Crippen LogP contribution in [-0.2, 0) is 13.1 Å². The lowest BCUT2D eigenvalue weighted by molar-refractivity contribution is 0.397. The number of aromatic nitrogens is 6. The molecule has 0 saturated heterocycles. The average molecular weight is 390 g/mol. The van der Waals surface area contributed by atoms with Gasteiger partial charge in [-0.2, -0.15) is 10.2 Å². The van der Waals surface area contributed by atoms with E-state index >= 15 is 0 Å². The monoisotopic (exact) mass is 390 g/mol. The van der Waals surface area contributed by atoms with Crippen molar-refractivity contribution in [2.24, 2.45) is 0 Å². The predicted octanol–water partition coefficient (Wildman–Crippen LogP) is 3.23. The minimum atomic E-state index is -0.195. The van der Waals surface area contributed by atoms with E-state index in [2.05, 4.69) is 27.3 Å². The molecule has 0 aliphatic rings. The Balaban J connectivity index is 1.63. The third-order valence-electron chi connectivity index (χ3n) is 4.77. The summed E-state index contributed by atoms with van der Waals surface area (Å²) in [5, 5.41) is 12.8. The maximum absolute atomic E-state index is 12.7. The van der Waals surface area contributed by atoms with E-state index in [1.54, 1.807) is 24.7 Å². The molecule has 0 aliphatic heterocycles. The van der Waals surface area contributed by atoms with Crippen LogP contribution in [0.2, 0.25) is 0 Å². The highest BCUT2D eigenvalue weighted by Gasteiger charge is 2.17. The van der Waals surface area contributed by atoms with Gasteiger partial charge < -0.3 is 4.52 Å². The Morgan fingerprint density at radius 3 is 2.59 bits per heavy atom. The zero-order valence-electron chi connectivity index (χ0n) is 16.7. The van der Waals surface area contributed by atoms with Gasteiger partial charge in [-0.1, -0.05) is 12.1 Å². The average Bonchev–Trinajstić information content (AvgIpc) is 3.32. The fourth-order valence-corrected chi connectivity index (χ4v) is 3.14. The Bertz CT molecular complexity index is 1190. The molecule has 0 amide bonds. The van der Waals surface area contributed by atoms with Gasteiger partial charge in [0.25, 0.3) is 5.56 Å². The molecule has 0 atom stereocenters. The summed E-state index contributed by atoms with van der Waals surface area (Å²) < 4.78 is 8.65. The number of nitrogens with zero attached hydrogens (tertiary/aromatic N) is 6. The molecule has 4 aromatic heterocycles. The summed E-state index contributed by atoms with van der Waals surface area (Å²) in [4.78, 5) is 17.0. The summed E-state index contributed by atoms with van der Waals surface area (Å²) in [7, 11) is 0. The van der Waals surface area contributed by atoms with Crippen LogP contribution in [0.15, 0.2) is 52.3 Å². The van der Waals surface area contributed by atoms with Crippen molar-refractivity contribution in [1.29, 1.82) is 0 Å². The first-order valence-corrected chi connectivity index (χ1v) is 9.53. The molecular weight excluding hydrogens is 368 g/mol. The molecule has 29 heavy (non-hydrogen) atoms. The van der Waals surface area contributed by atoms with Gasteiger partial charge in [0.05, 0.1) is 18.9 Å². The van der Waals surface area contributed by atoms with Crippen LogP contribution in [0.1, 0.15) is 30.4 Å². The molecule has 8 nitrogen and oxygen atoms in total. The second-order valence-electron chi connectivity index (χ2n) is 6.99. The summed E-state index contributed by atoms with van der Waals surface area (Å²) in [5.41, 5.74) is 4.68. The largest absolute Gasteiger partial charge is 0.361 e. The molecule has 4 heterocycles. The quantitative estimate of drug-likeness (QED) is 0.502. The normalized spacial score (nSPS) is 11.1. The van der Waals surface area contributed by atoms with E-state index in [1.165, 1.54) is 4.68 Å². The highest BCUT2D eigenvalue weighted by molar-refractivity contribution is 5.62. The minimum Gasteiger partial charge on any atom is -0.361 e. The third kappa shape index (κ3) is 3.87. The van der Waals surface area contributed by atoms with Gasteiger partial charge in [-0.25, -0.2) is 4.68 Å². The lowest BCUT2D eigenvalue weighted by Gasteiger charge is -2.06. The molecule has 4 aromatic rings. The number of hydrogen-bond donors (Lipinski definition) is 0. The van der Waals surface area contributed by atoms with Crippen LogP contribution in [-0.4, -0.2) is 29.7 Å². The van der Waals surface area contributed by atoms with Crippen molar-refractivity contribution in [2.75, 3.05) is 0 Å². The van der Waals surface area contributed by atoms with Crippen molar-refractivity contribution in [3.63, 3.8) is 0 Å². The lowest BCUT2D eigenvalue weighted by Crippen LogP contribution is -2.23. The molecule has 0 saturated carbocycles. The van der Waals surface area contributed by atoms with Gasteiger partial charge in [0.2, 0.25) is 0 Å². The van der Waals surface area contributed by atoms with Gasteiger partial charge in [0.15, 0.2) is 0 Å². The van der Waals surface area contributed by atoms with Crippen molar-refractivity contribution in [1.82, 2.24) is 29.7 Å². The van der Waals surface area contributed by atoms with Crippen LogP contribution >= 0.6 is 0 Å². The summed E-state index contributed by atoms with van der Waals surface area (Å²) in [6, 6.07) is 5.44. The van der Waals surface area contributed by atoms with E-state index in [9.17, 15) is 4.79 Å². The molecule has 4 rings (SSSR count). The lowest BCUT2D eigenvalue weighted by atomic mass is 10.1. The first-order valence-electron chi connectivity index (χ1n) is 9.53. The summed E-state index contributed by atoms with van der Waals surface area (Å²) in [6.07, 6.45) is 8.12. The zero-order valence-corrected chi connectivity index (χ0v) is 16.7. The molecule has 8 heteroatoms. The standard InChI is InChI=1S/C21H22N6O2/c1-4-7-26-12-18(11-23-26)17-8-20(28)27(24-10-17)13-19-15(3)29-25-21(19)16-6-5-14(2)22-9-16/h5-6,8-12H,4,7,13H2,1-3H3. The third-order valence-corrected chi connectivity index (χ3v) is 4.77. The van der Waals surface area contributed by atoms with Gasteiger partial charge in [-0.05, 0) is 32.4 Å². The van der Waals surface area contributed by atoms with Crippen LogP contribution < -0.4 is 5.56 Å². The molecule has 0 N–H and O–H groups in total. The van der Waals surface area contributed by atoms with E-state index in [4.69, 9.17) is 4.52 Å². The SMILES string of the molecule is CCCn1cc(-c2cnn(Cc3c(-c4ccc(C)nc4)noc3C)c(=O)c2)cn1. The Labute approximate surface area is 167 Å². The molecular formula is C21H22N6O2. The summed E-state index contributed by atoms with van der Waals surface area (Å²) >= 11 is 0. The second-order valence-corrected chi connectivity index (χ2v) is 6.99. The number of rotatable bonds is 6. The van der Waals surface area contributed by atoms with Crippen LogP contribution in [0.4, 0.5) is 0 Å². The highest BCUT2D eigenvalue weighted by atomic mass is 16.5. The number of hydrogen-bond acceptors (Lipinski definition) is 6. The van der Waals surface area contributed by atoms with Crippen molar-refractivity contribution >= 4 is 0 Å². The van der Waals surface area contributed by atoms with E-state index < -0.39 is 0 Å². The van der Waals surface area contributed by atoms with E-state index in [1.807, 2.05) is 36.9 Å². The molecule has 0 radical (unpaired) electrons. The molecule has 0 aromatic carbocycles. The molecule has 0 fully saturated rings. The molecule has 0 unspecified atom stereocenters. The Morgan fingerprint density at radius 1 is 1.03 bits per heavy atom. The summed E-state index contributed by atoms with van der Waals surface area (Å²) in [5.74, 6) is 0.652. The van der Waals surface area contributed by atoms with E-state index in [0.29, 0.717) is 11.5 Å². The molecule has 0 bridgehead atoms. The fourth-order valence-electron chi connectivity index (χ4n) is 3.14. The van der Waals surface area contributed by atoms with Crippen molar-refractivity contribution in [3.05, 3.63) is 70.4 Å². The van der Waals surface area contributed by atoms with Gasteiger partial charge in [-0.3, -0.25) is 14.5 Å². The Hall–Kier alpha value is -3.55. The zero-order chi connectivity index (χ0) is 20.4. The first kappa shape index (κ1) is 18.8. The van der Waals surface area contributed by atoms with Crippen LogP contribution in [0.5, 0.6) is 0 Å². The van der Waals surface area contributed by atoms with E-state index in [0.717, 1.165) is 40.9 Å². The van der Waals surface area contributed by atoms with Crippen LogP contribution in [0.25, 0.3) is 22.4 Å². The van der Waals surface area contributed by atoms with E-state index in [-0.39, 0.29) is 12.1 Å². The Morgan fingerprint density at radius 2 is 1.86 bits per heavy atom. The number of pyridine rings is 1. The minimum absolute atomic E-state index is 0.195. The van der Waals surface area contributed by atoms with Crippen LogP contribution in [0, 0.1) is 13.8 Å². The van der Waals surface area contributed by atoms with Crippen molar-refractivity contribution < 1.29 is 4.52 Å². The molecule has 0 spiro atoms. The van der Waals surface area contributed by atoms with Gasteiger partial charge in [0.1, 0.15) is 11.5 Å². The first-order chi connectivity index (χ1) is 14.0. The van der Waals surface area contributed by atoms with Gasteiger partial charge in [0, 0.05) is 53.0 Å². The molecule has 0 aliphatic carbocycles. The van der Waals surface area contributed by atoms with Gasteiger partial charge >= 0.3 is 0 Å². The smallest absolute Gasteiger partial charge is 0.267 e.